The molecule has 0 fully saturated rings. The molecule has 0 amide bonds. The monoisotopic (exact) mass is 164 g/mol. The molecule has 0 spiro atoms. The van der Waals surface area contributed by atoms with Gasteiger partial charge in [0.15, 0.2) is 0 Å². The molecule has 1 nitrogen and oxygen atoms in total. The standard InChI is InChI=1S/C9H12O.C2H4/c1-2-10-8-9-6-4-3-5-7-9;1-2/h3-7H,2,8H2,1H3;1-2H2. The van der Waals surface area contributed by atoms with Gasteiger partial charge in [0.2, 0.25) is 0 Å². The first-order valence-electron chi connectivity index (χ1n) is 4.05. The second-order valence-corrected chi connectivity index (χ2v) is 2.12. The molecule has 0 aliphatic heterocycles. The van der Waals surface area contributed by atoms with Crippen molar-refractivity contribution in [3.63, 3.8) is 0 Å². The van der Waals surface area contributed by atoms with Crippen LogP contribution in [-0.2, 0) is 11.3 Å². The highest BCUT2D eigenvalue weighted by atomic mass is 16.5. The van der Waals surface area contributed by atoms with Gasteiger partial charge in [-0.3, -0.25) is 0 Å². The molecule has 0 saturated heterocycles. The van der Waals surface area contributed by atoms with Crippen LogP contribution in [0.15, 0.2) is 43.5 Å². The van der Waals surface area contributed by atoms with Gasteiger partial charge in [-0.2, -0.15) is 0 Å². The summed E-state index contributed by atoms with van der Waals surface area (Å²) in [6.07, 6.45) is 0. The zero-order chi connectivity index (χ0) is 9.23. The molecule has 1 aromatic carbocycles. The van der Waals surface area contributed by atoms with Crippen LogP contribution in [0.4, 0.5) is 0 Å². The van der Waals surface area contributed by atoms with E-state index in [0.29, 0.717) is 0 Å². The smallest absolute Gasteiger partial charge is 0.0716 e. The van der Waals surface area contributed by atoms with Crippen molar-refractivity contribution in [2.24, 2.45) is 0 Å². The van der Waals surface area contributed by atoms with Crippen molar-refractivity contribution >= 4 is 0 Å². The first-order valence-corrected chi connectivity index (χ1v) is 4.05. The summed E-state index contributed by atoms with van der Waals surface area (Å²) in [6.45, 7) is 9.52. The maximum Gasteiger partial charge on any atom is 0.0716 e. The van der Waals surface area contributed by atoms with Crippen LogP contribution in [0.3, 0.4) is 0 Å². The van der Waals surface area contributed by atoms with Gasteiger partial charge in [-0.05, 0) is 12.5 Å². The Hall–Kier alpha value is -1.08. The highest BCUT2D eigenvalue weighted by Crippen LogP contribution is 1.99. The third-order valence-electron chi connectivity index (χ3n) is 1.32. The Morgan fingerprint density at radius 2 is 1.75 bits per heavy atom. The van der Waals surface area contributed by atoms with Crippen molar-refractivity contribution in [2.45, 2.75) is 13.5 Å². The van der Waals surface area contributed by atoms with Crippen molar-refractivity contribution in [1.82, 2.24) is 0 Å². The Morgan fingerprint density at radius 1 is 1.17 bits per heavy atom. The topological polar surface area (TPSA) is 9.23 Å². The van der Waals surface area contributed by atoms with E-state index in [9.17, 15) is 0 Å². The normalized spacial score (nSPS) is 8.42. The second-order valence-electron chi connectivity index (χ2n) is 2.12. The number of hydrogen-bond donors (Lipinski definition) is 0. The summed E-state index contributed by atoms with van der Waals surface area (Å²) in [4.78, 5) is 0. The third-order valence-corrected chi connectivity index (χ3v) is 1.32. The van der Waals surface area contributed by atoms with Gasteiger partial charge >= 0.3 is 0 Å². The summed E-state index contributed by atoms with van der Waals surface area (Å²) < 4.78 is 5.22. The molecule has 0 heterocycles. The van der Waals surface area contributed by atoms with Crippen LogP contribution < -0.4 is 0 Å². The molecule has 0 bridgehead atoms. The van der Waals surface area contributed by atoms with Gasteiger partial charge in [-0.25, -0.2) is 0 Å². The van der Waals surface area contributed by atoms with E-state index >= 15 is 0 Å². The molecule has 1 aromatic rings. The quantitative estimate of drug-likeness (QED) is 0.624. The van der Waals surface area contributed by atoms with E-state index in [1.54, 1.807) is 0 Å². The van der Waals surface area contributed by atoms with Crippen molar-refractivity contribution in [3.05, 3.63) is 49.1 Å². The predicted molar refractivity (Wildman–Crippen MR) is 53.0 cm³/mol. The minimum atomic E-state index is 0.733. The van der Waals surface area contributed by atoms with Crippen LogP contribution >= 0.6 is 0 Å². The molecule has 0 saturated carbocycles. The Balaban J connectivity index is 0.000000561. The van der Waals surface area contributed by atoms with Crippen molar-refractivity contribution in [3.8, 4) is 0 Å². The largest absolute Gasteiger partial charge is 0.377 e. The molecule has 0 atom stereocenters. The minimum absolute atomic E-state index is 0.733. The van der Waals surface area contributed by atoms with E-state index in [-0.39, 0.29) is 0 Å². The fourth-order valence-corrected chi connectivity index (χ4v) is 0.794. The number of hydrogen-bond acceptors (Lipinski definition) is 1. The average molecular weight is 164 g/mol. The molecule has 0 aliphatic carbocycles. The Labute approximate surface area is 74.7 Å². The molecule has 0 radical (unpaired) electrons. The van der Waals surface area contributed by atoms with Gasteiger partial charge in [0.25, 0.3) is 0 Å². The molecule has 0 aliphatic rings. The lowest BCUT2D eigenvalue weighted by atomic mass is 10.2. The van der Waals surface area contributed by atoms with Crippen LogP contribution in [-0.4, -0.2) is 6.61 Å². The Kier molecular flexibility index (Phi) is 7.30. The van der Waals surface area contributed by atoms with E-state index in [2.05, 4.69) is 25.3 Å². The Bertz CT molecular complexity index is 181. The maximum absolute atomic E-state index is 5.22. The van der Waals surface area contributed by atoms with Gasteiger partial charge in [0.1, 0.15) is 0 Å². The van der Waals surface area contributed by atoms with Gasteiger partial charge in [0, 0.05) is 6.61 Å². The summed E-state index contributed by atoms with van der Waals surface area (Å²) >= 11 is 0. The molecule has 0 aromatic heterocycles. The molecule has 12 heavy (non-hydrogen) atoms. The van der Waals surface area contributed by atoms with E-state index in [1.807, 2.05) is 25.1 Å². The predicted octanol–water partition coefficient (Wildman–Crippen LogP) is 3.03. The lowest BCUT2D eigenvalue weighted by Crippen LogP contribution is -1.90. The summed E-state index contributed by atoms with van der Waals surface area (Å²) in [5, 5.41) is 0. The third kappa shape index (κ3) is 4.69. The summed E-state index contributed by atoms with van der Waals surface area (Å²) in [7, 11) is 0. The number of benzene rings is 1. The zero-order valence-electron chi connectivity index (χ0n) is 7.62. The lowest BCUT2D eigenvalue weighted by molar-refractivity contribution is 0.134. The fourth-order valence-electron chi connectivity index (χ4n) is 0.794. The summed E-state index contributed by atoms with van der Waals surface area (Å²) in [5.74, 6) is 0. The molecule has 0 unspecified atom stereocenters. The molecule has 0 N–H and O–H groups in total. The van der Waals surface area contributed by atoms with Crippen LogP contribution in [0.5, 0.6) is 0 Å². The summed E-state index contributed by atoms with van der Waals surface area (Å²) in [5.41, 5.74) is 1.24. The zero-order valence-corrected chi connectivity index (χ0v) is 7.62. The Morgan fingerprint density at radius 3 is 2.25 bits per heavy atom. The van der Waals surface area contributed by atoms with Gasteiger partial charge in [0.05, 0.1) is 6.61 Å². The van der Waals surface area contributed by atoms with Crippen LogP contribution in [0.2, 0.25) is 0 Å². The number of ether oxygens (including phenoxy) is 1. The van der Waals surface area contributed by atoms with E-state index in [4.69, 9.17) is 4.74 Å². The molecule has 1 heteroatoms. The van der Waals surface area contributed by atoms with Crippen molar-refractivity contribution < 1.29 is 4.74 Å². The molecular formula is C11H16O. The molecule has 1 rings (SSSR count). The highest BCUT2D eigenvalue weighted by molar-refractivity contribution is 5.13. The van der Waals surface area contributed by atoms with Gasteiger partial charge < -0.3 is 4.74 Å². The first kappa shape index (κ1) is 10.9. The SMILES string of the molecule is C=C.CCOCc1ccccc1. The van der Waals surface area contributed by atoms with Crippen LogP contribution in [0, 0.1) is 0 Å². The molecule has 66 valence electrons. The highest BCUT2D eigenvalue weighted by Gasteiger charge is 1.86. The second kappa shape index (κ2) is 8.02. The first-order chi connectivity index (χ1) is 5.93. The van der Waals surface area contributed by atoms with E-state index in [0.717, 1.165) is 13.2 Å². The van der Waals surface area contributed by atoms with Crippen molar-refractivity contribution in [2.75, 3.05) is 6.61 Å². The van der Waals surface area contributed by atoms with Crippen molar-refractivity contribution in [1.29, 1.82) is 0 Å². The maximum atomic E-state index is 5.22. The number of rotatable bonds is 3. The van der Waals surface area contributed by atoms with Crippen LogP contribution in [0.25, 0.3) is 0 Å². The summed E-state index contributed by atoms with van der Waals surface area (Å²) in [6, 6.07) is 10.2. The van der Waals surface area contributed by atoms with E-state index < -0.39 is 0 Å². The van der Waals surface area contributed by atoms with Gasteiger partial charge in [-0.1, -0.05) is 30.3 Å². The lowest BCUT2D eigenvalue weighted by Gasteiger charge is -1.98. The van der Waals surface area contributed by atoms with E-state index in [1.165, 1.54) is 5.56 Å². The fraction of sp³-hybridized carbons (Fsp3) is 0.273. The molecular weight excluding hydrogens is 148 g/mol. The van der Waals surface area contributed by atoms with Gasteiger partial charge in [-0.15, -0.1) is 13.2 Å². The van der Waals surface area contributed by atoms with Crippen LogP contribution in [0.1, 0.15) is 12.5 Å². The minimum Gasteiger partial charge on any atom is -0.377 e. The average Bonchev–Trinajstić information content (AvgIpc) is 2.19.